The summed E-state index contributed by atoms with van der Waals surface area (Å²) in [5, 5.41) is 24.3. The second-order valence-corrected chi connectivity index (χ2v) is 7.38. The molecule has 8 nitrogen and oxygen atoms in total. The normalized spacial score (nSPS) is 11.0. The lowest BCUT2D eigenvalue weighted by Gasteiger charge is -2.06. The lowest BCUT2D eigenvalue weighted by atomic mass is 10.1. The van der Waals surface area contributed by atoms with Crippen molar-refractivity contribution in [3.8, 4) is 23.6 Å². The van der Waals surface area contributed by atoms with E-state index < -0.39 is 11.8 Å². The van der Waals surface area contributed by atoms with Gasteiger partial charge in [0.15, 0.2) is 0 Å². The van der Waals surface area contributed by atoms with Crippen LogP contribution < -0.4 is 20.1 Å². The van der Waals surface area contributed by atoms with Crippen LogP contribution in [0.5, 0.6) is 11.5 Å². The van der Waals surface area contributed by atoms with Crippen molar-refractivity contribution in [3.63, 3.8) is 0 Å². The molecule has 0 spiro atoms. The quantitative estimate of drug-likeness (QED) is 0.354. The Labute approximate surface area is 208 Å². The third-order valence-corrected chi connectivity index (χ3v) is 4.96. The molecule has 0 bridgehead atoms. The van der Waals surface area contributed by atoms with E-state index in [4.69, 9.17) is 9.47 Å². The number of carbonyl (C=O) groups excluding carboxylic acids is 2. The largest absolute Gasteiger partial charge is 0.497 e. The number of nitrogens with zero attached hydrogens (tertiary/aromatic N) is 2. The number of rotatable bonds is 8. The highest BCUT2D eigenvalue weighted by atomic mass is 16.5. The van der Waals surface area contributed by atoms with Gasteiger partial charge in [0.2, 0.25) is 0 Å². The first-order valence-electron chi connectivity index (χ1n) is 10.7. The number of hydrogen-bond acceptors (Lipinski definition) is 6. The molecule has 0 unspecified atom stereocenters. The number of ether oxygens (including phenoxy) is 2. The van der Waals surface area contributed by atoms with Gasteiger partial charge in [-0.25, -0.2) is 0 Å². The fraction of sp³-hybridized carbons (Fsp3) is 0.0714. The second kappa shape index (κ2) is 12.2. The monoisotopic (exact) mass is 478 g/mol. The first-order chi connectivity index (χ1) is 17.4. The predicted octanol–water partition coefficient (Wildman–Crippen LogP) is 4.80. The summed E-state index contributed by atoms with van der Waals surface area (Å²) in [7, 11) is 3.08. The van der Waals surface area contributed by atoms with Crippen LogP contribution in [0.4, 0.5) is 11.4 Å². The fourth-order valence-electron chi connectivity index (χ4n) is 3.11. The summed E-state index contributed by atoms with van der Waals surface area (Å²) >= 11 is 0. The topological polar surface area (TPSA) is 124 Å². The molecule has 0 aliphatic heterocycles. The molecule has 0 aliphatic rings. The van der Waals surface area contributed by atoms with Crippen LogP contribution in [-0.2, 0) is 9.59 Å². The minimum atomic E-state index is -0.569. The Hall–Kier alpha value is -5.34. The van der Waals surface area contributed by atoms with Crippen LogP contribution in [0.1, 0.15) is 11.1 Å². The maximum Gasteiger partial charge on any atom is 0.266 e. The van der Waals surface area contributed by atoms with Gasteiger partial charge in [0.05, 0.1) is 14.2 Å². The van der Waals surface area contributed by atoms with E-state index in [1.54, 1.807) is 87.0 Å². The molecular formula is C28H22N4O4. The zero-order valence-corrected chi connectivity index (χ0v) is 19.6. The van der Waals surface area contributed by atoms with Crippen molar-refractivity contribution < 1.29 is 19.1 Å². The van der Waals surface area contributed by atoms with Crippen LogP contribution in [-0.4, -0.2) is 26.0 Å². The third-order valence-electron chi connectivity index (χ3n) is 4.96. The molecule has 3 aromatic carbocycles. The molecule has 0 aliphatic carbocycles. The molecular weight excluding hydrogens is 456 g/mol. The summed E-state index contributed by atoms with van der Waals surface area (Å²) < 4.78 is 10.2. The van der Waals surface area contributed by atoms with Gasteiger partial charge in [0.25, 0.3) is 11.8 Å². The van der Waals surface area contributed by atoms with Gasteiger partial charge in [0.1, 0.15) is 34.8 Å². The molecule has 2 amide bonds. The van der Waals surface area contributed by atoms with Crippen LogP contribution in [0.15, 0.2) is 83.9 Å². The highest BCUT2D eigenvalue weighted by Crippen LogP contribution is 2.19. The minimum absolute atomic E-state index is 0.107. The molecule has 36 heavy (non-hydrogen) atoms. The van der Waals surface area contributed by atoms with Crippen LogP contribution in [0.25, 0.3) is 12.2 Å². The van der Waals surface area contributed by atoms with Crippen LogP contribution in [0.3, 0.4) is 0 Å². The zero-order chi connectivity index (χ0) is 25.9. The number of anilines is 2. The number of hydrogen-bond donors (Lipinski definition) is 2. The van der Waals surface area contributed by atoms with E-state index in [9.17, 15) is 20.1 Å². The van der Waals surface area contributed by atoms with Gasteiger partial charge < -0.3 is 20.1 Å². The Balaban J connectivity index is 1.76. The number of amides is 2. The number of methoxy groups -OCH3 is 2. The highest BCUT2D eigenvalue weighted by molar-refractivity contribution is 6.10. The highest BCUT2D eigenvalue weighted by Gasteiger charge is 2.12. The summed E-state index contributed by atoms with van der Waals surface area (Å²) in [6.07, 6.45) is 2.86. The van der Waals surface area contributed by atoms with Crippen molar-refractivity contribution in [2.24, 2.45) is 0 Å². The standard InChI is InChI=1S/C28H22N4O4/c1-35-25-10-6-23(7-11-25)31-27(33)21(17-29)15-19-4-3-5-20(14-19)16-22(18-30)28(34)32-24-8-12-26(36-2)13-9-24/h3-16H,1-2H3,(H,31,33)(H,32,34)/b21-15+,22-16+. The van der Waals surface area contributed by atoms with Crippen molar-refractivity contribution in [3.05, 3.63) is 95.1 Å². The Morgan fingerprint density at radius 2 is 1.08 bits per heavy atom. The molecule has 2 N–H and O–H groups in total. The van der Waals surface area contributed by atoms with Gasteiger partial charge in [-0.3, -0.25) is 9.59 Å². The minimum Gasteiger partial charge on any atom is -0.497 e. The van der Waals surface area contributed by atoms with E-state index in [2.05, 4.69) is 10.6 Å². The number of nitrogens with one attached hydrogen (secondary N) is 2. The van der Waals surface area contributed by atoms with E-state index >= 15 is 0 Å². The van der Waals surface area contributed by atoms with Crippen LogP contribution in [0.2, 0.25) is 0 Å². The molecule has 0 radical (unpaired) electrons. The molecule has 178 valence electrons. The van der Waals surface area contributed by atoms with Crippen molar-refractivity contribution in [2.75, 3.05) is 24.9 Å². The Bertz CT molecular complexity index is 1290. The Morgan fingerprint density at radius 1 is 0.694 bits per heavy atom. The fourth-order valence-corrected chi connectivity index (χ4v) is 3.11. The van der Waals surface area contributed by atoms with Gasteiger partial charge in [-0.15, -0.1) is 0 Å². The van der Waals surface area contributed by atoms with E-state index in [0.29, 0.717) is 34.0 Å². The van der Waals surface area contributed by atoms with Crippen molar-refractivity contribution in [1.82, 2.24) is 0 Å². The first kappa shape index (κ1) is 25.3. The summed E-state index contributed by atoms with van der Waals surface area (Å²) in [5.41, 5.74) is 1.92. The zero-order valence-electron chi connectivity index (χ0n) is 19.6. The smallest absolute Gasteiger partial charge is 0.266 e. The average molecular weight is 479 g/mol. The molecule has 0 aromatic heterocycles. The Morgan fingerprint density at radius 3 is 1.42 bits per heavy atom. The van der Waals surface area contributed by atoms with E-state index in [1.807, 2.05) is 12.1 Å². The molecule has 8 heteroatoms. The summed E-state index contributed by atoms with van der Waals surface area (Å²) in [5.74, 6) is 0.145. The average Bonchev–Trinajstić information content (AvgIpc) is 2.91. The molecule has 3 rings (SSSR count). The SMILES string of the molecule is COc1ccc(NC(=O)/C(C#N)=C/c2cccc(/C=C(\C#N)C(=O)Nc3ccc(OC)cc3)c2)cc1. The summed E-state index contributed by atoms with van der Waals surface area (Å²) in [6.45, 7) is 0. The maximum atomic E-state index is 12.6. The third kappa shape index (κ3) is 6.83. The predicted molar refractivity (Wildman–Crippen MR) is 137 cm³/mol. The number of nitriles is 2. The van der Waals surface area contributed by atoms with Crippen molar-refractivity contribution >= 4 is 35.3 Å². The number of carbonyl (C=O) groups is 2. The number of benzene rings is 3. The van der Waals surface area contributed by atoms with Gasteiger partial charge >= 0.3 is 0 Å². The first-order valence-corrected chi connectivity index (χ1v) is 10.7. The summed E-state index contributed by atoms with van der Waals surface area (Å²) in [4.78, 5) is 25.1. The maximum absolute atomic E-state index is 12.6. The molecule has 0 saturated carbocycles. The Kier molecular flexibility index (Phi) is 8.58. The molecule has 0 heterocycles. The van der Waals surface area contributed by atoms with Crippen molar-refractivity contribution in [1.29, 1.82) is 10.5 Å². The second-order valence-electron chi connectivity index (χ2n) is 7.38. The van der Waals surface area contributed by atoms with E-state index in [1.165, 1.54) is 12.2 Å². The van der Waals surface area contributed by atoms with E-state index in [-0.39, 0.29) is 11.1 Å². The van der Waals surface area contributed by atoms with Gasteiger partial charge in [0, 0.05) is 11.4 Å². The molecule has 0 atom stereocenters. The summed E-state index contributed by atoms with van der Waals surface area (Å²) in [6, 6.07) is 24.0. The molecule has 0 saturated heterocycles. The van der Waals surface area contributed by atoms with E-state index in [0.717, 1.165) is 0 Å². The van der Waals surface area contributed by atoms with Gasteiger partial charge in [-0.1, -0.05) is 18.2 Å². The van der Waals surface area contributed by atoms with Gasteiger partial charge in [-0.05, 0) is 77.9 Å². The van der Waals surface area contributed by atoms with Crippen molar-refractivity contribution in [2.45, 2.75) is 0 Å². The molecule has 0 fully saturated rings. The lowest BCUT2D eigenvalue weighted by Crippen LogP contribution is -2.13. The lowest BCUT2D eigenvalue weighted by molar-refractivity contribution is -0.113. The van der Waals surface area contributed by atoms with Gasteiger partial charge in [-0.2, -0.15) is 10.5 Å². The molecule has 3 aromatic rings. The van der Waals surface area contributed by atoms with Crippen LogP contribution in [0, 0.1) is 22.7 Å². The van der Waals surface area contributed by atoms with Crippen LogP contribution >= 0.6 is 0 Å².